The van der Waals surface area contributed by atoms with Crippen LogP contribution in [0.1, 0.15) is 43.1 Å². The van der Waals surface area contributed by atoms with Crippen molar-refractivity contribution in [2.75, 3.05) is 6.54 Å². The SMILES string of the molecule is CC(C)(C)OC(=O)N1CCC(=O)c2cc(Cl)ccc2C1. The molecule has 0 bridgehead atoms. The van der Waals surface area contributed by atoms with E-state index in [1.165, 1.54) is 0 Å². The molecule has 5 heteroatoms. The van der Waals surface area contributed by atoms with Gasteiger partial charge < -0.3 is 9.64 Å². The summed E-state index contributed by atoms with van der Waals surface area (Å²) < 4.78 is 5.36. The highest BCUT2D eigenvalue weighted by atomic mass is 35.5. The second-order valence-electron chi connectivity index (χ2n) is 5.88. The van der Waals surface area contributed by atoms with Gasteiger partial charge in [-0.3, -0.25) is 4.79 Å². The predicted octanol–water partition coefficient (Wildman–Crippen LogP) is 3.66. The molecule has 108 valence electrons. The second-order valence-corrected chi connectivity index (χ2v) is 6.31. The second kappa shape index (κ2) is 5.44. The zero-order valence-electron chi connectivity index (χ0n) is 11.9. The average molecular weight is 296 g/mol. The molecule has 0 saturated carbocycles. The van der Waals surface area contributed by atoms with Gasteiger partial charge in [-0.2, -0.15) is 0 Å². The van der Waals surface area contributed by atoms with E-state index in [4.69, 9.17) is 16.3 Å². The number of benzene rings is 1. The van der Waals surface area contributed by atoms with Crippen molar-refractivity contribution >= 4 is 23.5 Å². The Morgan fingerprint density at radius 1 is 1.35 bits per heavy atom. The first kappa shape index (κ1) is 14.9. The minimum atomic E-state index is -0.545. The predicted molar refractivity (Wildman–Crippen MR) is 77.0 cm³/mol. The van der Waals surface area contributed by atoms with Crippen LogP contribution in [0.5, 0.6) is 0 Å². The molecule has 1 aromatic rings. The lowest BCUT2D eigenvalue weighted by Crippen LogP contribution is -2.36. The standard InChI is InChI=1S/C15H18ClNO3/c1-15(2,3)20-14(19)17-7-6-13(18)12-8-11(16)5-4-10(12)9-17/h4-5,8H,6-7,9H2,1-3H3. The van der Waals surface area contributed by atoms with Crippen LogP contribution >= 0.6 is 11.6 Å². The van der Waals surface area contributed by atoms with Crippen LogP contribution in [-0.4, -0.2) is 28.9 Å². The van der Waals surface area contributed by atoms with E-state index in [1.54, 1.807) is 23.1 Å². The van der Waals surface area contributed by atoms with Crippen LogP contribution in [0.2, 0.25) is 5.02 Å². The van der Waals surface area contributed by atoms with Gasteiger partial charge in [-0.15, -0.1) is 0 Å². The molecule has 0 atom stereocenters. The van der Waals surface area contributed by atoms with Crippen molar-refractivity contribution in [2.45, 2.75) is 39.3 Å². The molecular formula is C15H18ClNO3. The maximum atomic E-state index is 12.1. The number of halogens is 1. The van der Waals surface area contributed by atoms with Gasteiger partial charge in [-0.25, -0.2) is 4.79 Å². The first-order chi connectivity index (χ1) is 9.26. The Labute approximate surface area is 123 Å². The molecule has 0 unspecified atom stereocenters. The molecule has 0 fully saturated rings. The summed E-state index contributed by atoms with van der Waals surface area (Å²) in [5, 5.41) is 0.530. The van der Waals surface area contributed by atoms with E-state index in [0.717, 1.165) is 5.56 Å². The number of fused-ring (bicyclic) bond motifs is 1. The summed E-state index contributed by atoms with van der Waals surface area (Å²) in [4.78, 5) is 25.7. The highest BCUT2D eigenvalue weighted by Gasteiger charge is 2.27. The van der Waals surface area contributed by atoms with Crippen LogP contribution in [0.4, 0.5) is 4.79 Å². The van der Waals surface area contributed by atoms with Crippen molar-refractivity contribution in [1.29, 1.82) is 0 Å². The van der Waals surface area contributed by atoms with Gasteiger partial charge in [-0.05, 0) is 38.5 Å². The van der Waals surface area contributed by atoms with E-state index in [0.29, 0.717) is 23.7 Å². The smallest absolute Gasteiger partial charge is 0.410 e. The summed E-state index contributed by atoms with van der Waals surface area (Å²) in [6, 6.07) is 5.18. The fourth-order valence-corrected chi connectivity index (χ4v) is 2.26. The first-order valence-corrected chi connectivity index (χ1v) is 6.93. The lowest BCUT2D eigenvalue weighted by atomic mass is 10.0. The zero-order valence-corrected chi connectivity index (χ0v) is 12.7. The minimum absolute atomic E-state index is 0.00792. The van der Waals surface area contributed by atoms with Crippen LogP contribution in [0.25, 0.3) is 0 Å². The third-order valence-corrected chi connectivity index (χ3v) is 3.23. The van der Waals surface area contributed by atoms with E-state index in [1.807, 2.05) is 20.8 Å². The van der Waals surface area contributed by atoms with Crippen molar-refractivity contribution in [2.24, 2.45) is 0 Å². The molecule has 1 aliphatic heterocycles. The van der Waals surface area contributed by atoms with Crippen LogP contribution < -0.4 is 0 Å². The Kier molecular flexibility index (Phi) is 4.04. The number of carbonyl (C=O) groups excluding carboxylic acids is 2. The highest BCUT2D eigenvalue weighted by molar-refractivity contribution is 6.31. The topological polar surface area (TPSA) is 46.6 Å². The quantitative estimate of drug-likeness (QED) is 0.734. The third-order valence-electron chi connectivity index (χ3n) is 2.99. The van der Waals surface area contributed by atoms with Crippen molar-refractivity contribution in [3.63, 3.8) is 0 Å². The Balaban J connectivity index is 2.23. The van der Waals surface area contributed by atoms with E-state index in [-0.39, 0.29) is 12.2 Å². The number of nitrogens with zero attached hydrogens (tertiary/aromatic N) is 1. The maximum absolute atomic E-state index is 12.1. The van der Waals surface area contributed by atoms with Gasteiger partial charge >= 0.3 is 6.09 Å². The zero-order chi connectivity index (χ0) is 14.9. The molecule has 1 heterocycles. The molecule has 1 amide bonds. The summed E-state index contributed by atoms with van der Waals surface area (Å²) in [5.74, 6) is 0.00792. The van der Waals surface area contributed by atoms with Crippen LogP contribution in [0.3, 0.4) is 0 Å². The Hall–Kier alpha value is -1.55. The van der Waals surface area contributed by atoms with Crippen molar-refractivity contribution < 1.29 is 14.3 Å². The molecule has 20 heavy (non-hydrogen) atoms. The van der Waals surface area contributed by atoms with Gasteiger partial charge in [0.15, 0.2) is 5.78 Å². The molecule has 4 nitrogen and oxygen atoms in total. The molecule has 1 aliphatic rings. The number of ketones is 1. The summed E-state index contributed by atoms with van der Waals surface area (Å²) in [5.41, 5.74) is 0.863. The summed E-state index contributed by atoms with van der Waals surface area (Å²) in [6.07, 6.45) is -0.111. The number of hydrogen-bond donors (Lipinski definition) is 0. The van der Waals surface area contributed by atoms with Crippen molar-refractivity contribution in [3.8, 4) is 0 Å². The summed E-state index contributed by atoms with van der Waals surface area (Å²) >= 11 is 5.92. The Morgan fingerprint density at radius 3 is 2.70 bits per heavy atom. The van der Waals surface area contributed by atoms with E-state index < -0.39 is 11.7 Å². The molecule has 1 aromatic carbocycles. The van der Waals surface area contributed by atoms with Crippen LogP contribution in [0.15, 0.2) is 18.2 Å². The normalized spacial score (nSPS) is 15.6. The maximum Gasteiger partial charge on any atom is 0.410 e. The van der Waals surface area contributed by atoms with Gasteiger partial charge in [0.25, 0.3) is 0 Å². The lowest BCUT2D eigenvalue weighted by Gasteiger charge is -2.26. The van der Waals surface area contributed by atoms with E-state index in [2.05, 4.69) is 0 Å². The number of rotatable bonds is 0. The van der Waals surface area contributed by atoms with Gasteiger partial charge in [-0.1, -0.05) is 17.7 Å². The number of amides is 1. The van der Waals surface area contributed by atoms with Gasteiger partial charge in [0.05, 0.1) is 0 Å². The van der Waals surface area contributed by atoms with Crippen LogP contribution in [0, 0.1) is 0 Å². The average Bonchev–Trinajstić information content (AvgIpc) is 2.48. The molecule has 0 spiro atoms. The lowest BCUT2D eigenvalue weighted by molar-refractivity contribution is 0.0238. The monoisotopic (exact) mass is 295 g/mol. The fraction of sp³-hybridized carbons (Fsp3) is 0.467. The van der Waals surface area contributed by atoms with Crippen molar-refractivity contribution in [3.05, 3.63) is 34.3 Å². The fourth-order valence-electron chi connectivity index (χ4n) is 2.08. The minimum Gasteiger partial charge on any atom is -0.444 e. The summed E-state index contributed by atoms with van der Waals surface area (Å²) in [6.45, 7) is 6.19. The number of ether oxygens (including phenoxy) is 1. The first-order valence-electron chi connectivity index (χ1n) is 6.56. The highest BCUT2D eigenvalue weighted by Crippen LogP contribution is 2.23. The largest absolute Gasteiger partial charge is 0.444 e. The van der Waals surface area contributed by atoms with Crippen molar-refractivity contribution in [1.82, 2.24) is 4.90 Å². The van der Waals surface area contributed by atoms with Gasteiger partial charge in [0, 0.05) is 30.1 Å². The molecule has 0 radical (unpaired) electrons. The molecule has 0 aromatic heterocycles. The number of hydrogen-bond acceptors (Lipinski definition) is 3. The molecule has 0 N–H and O–H groups in total. The van der Waals surface area contributed by atoms with E-state index in [9.17, 15) is 9.59 Å². The Morgan fingerprint density at radius 2 is 2.05 bits per heavy atom. The molecule has 2 rings (SSSR count). The summed E-state index contributed by atoms with van der Waals surface area (Å²) in [7, 11) is 0. The Bertz CT molecular complexity index is 549. The van der Waals surface area contributed by atoms with Gasteiger partial charge in [0.2, 0.25) is 0 Å². The third kappa shape index (κ3) is 3.51. The molecule has 0 saturated heterocycles. The molecular weight excluding hydrogens is 278 g/mol. The molecule has 0 aliphatic carbocycles. The van der Waals surface area contributed by atoms with E-state index >= 15 is 0 Å². The number of carbonyl (C=O) groups is 2. The van der Waals surface area contributed by atoms with Crippen LogP contribution in [-0.2, 0) is 11.3 Å². The van der Waals surface area contributed by atoms with Gasteiger partial charge in [0.1, 0.15) is 5.60 Å². The number of Topliss-reactive ketones (excluding diaryl/α,β-unsaturated/α-hetero) is 1.